The maximum absolute atomic E-state index is 5.82. The smallest absolute Gasteiger partial charge is 0.0490 e. The van der Waals surface area contributed by atoms with Crippen molar-refractivity contribution in [3.63, 3.8) is 0 Å². The Morgan fingerprint density at radius 2 is 1.89 bits per heavy atom. The van der Waals surface area contributed by atoms with E-state index in [9.17, 15) is 0 Å². The Bertz CT molecular complexity index is 367. The minimum absolute atomic E-state index is 0.323. The second-order valence-electron chi connectivity index (χ2n) is 5.69. The first-order chi connectivity index (χ1) is 8.76. The number of nitrogens with one attached hydrogen (secondary N) is 1. The molecule has 1 aromatic carbocycles. The number of benzene rings is 1. The molecule has 100 valence electrons. The van der Waals surface area contributed by atoms with E-state index in [1.165, 1.54) is 43.2 Å². The van der Waals surface area contributed by atoms with E-state index >= 15 is 0 Å². The van der Waals surface area contributed by atoms with Crippen LogP contribution in [0.25, 0.3) is 0 Å². The Morgan fingerprint density at radius 3 is 2.44 bits per heavy atom. The third-order valence-corrected chi connectivity index (χ3v) is 4.64. The summed E-state index contributed by atoms with van der Waals surface area (Å²) in [6.07, 6.45) is 6.68. The third kappa shape index (κ3) is 2.93. The van der Waals surface area contributed by atoms with Crippen molar-refractivity contribution in [1.29, 1.82) is 0 Å². The molecule has 1 fully saturated rings. The summed E-state index contributed by atoms with van der Waals surface area (Å²) < 4.78 is 0. The molecule has 0 radical (unpaired) electrons. The molecule has 1 aromatic rings. The summed E-state index contributed by atoms with van der Waals surface area (Å²) in [5.74, 6) is 7.46. The van der Waals surface area contributed by atoms with E-state index < -0.39 is 0 Å². The predicted octanol–water partition coefficient (Wildman–Crippen LogP) is 3.72. The van der Waals surface area contributed by atoms with Crippen molar-refractivity contribution < 1.29 is 0 Å². The maximum Gasteiger partial charge on any atom is 0.0490 e. The Morgan fingerprint density at radius 1 is 1.22 bits per heavy atom. The van der Waals surface area contributed by atoms with Crippen LogP contribution in [-0.2, 0) is 0 Å². The highest BCUT2D eigenvalue weighted by molar-refractivity contribution is 5.29. The van der Waals surface area contributed by atoms with Crippen LogP contribution in [0.3, 0.4) is 0 Å². The first-order valence-electron chi connectivity index (χ1n) is 7.28. The van der Waals surface area contributed by atoms with Gasteiger partial charge in [-0.3, -0.25) is 11.3 Å². The van der Waals surface area contributed by atoms with Gasteiger partial charge in [-0.15, -0.1) is 0 Å². The number of hydrogen-bond acceptors (Lipinski definition) is 2. The van der Waals surface area contributed by atoms with Crippen molar-refractivity contribution in [1.82, 2.24) is 5.43 Å². The first-order valence-corrected chi connectivity index (χ1v) is 7.28. The molecule has 0 saturated heterocycles. The van der Waals surface area contributed by atoms with Crippen molar-refractivity contribution in [2.45, 2.75) is 52.0 Å². The van der Waals surface area contributed by atoms with Gasteiger partial charge in [0.2, 0.25) is 0 Å². The highest BCUT2D eigenvalue weighted by atomic mass is 15.2. The average molecular weight is 246 g/mol. The monoisotopic (exact) mass is 246 g/mol. The Labute approximate surface area is 111 Å². The van der Waals surface area contributed by atoms with E-state index in [1.807, 2.05) is 0 Å². The Hall–Kier alpha value is -0.860. The van der Waals surface area contributed by atoms with Gasteiger partial charge in [-0.25, -0.2) is 0 Å². The normalized spacial score (nSPS) is 25.9. The van der Waals surface area contributed by atoms with Gasteiger partial charge in [0.1, 0.15) is 0 Å². The molecule has 1 atom stereocenters. The van der Waals surface area contributed by atoms with Crippen molar-refractivity contribution in [2.24, 2.45) is 17.7 Å². The summed E-state index contributed by atoms with van der Waals surface area (Å²) in [5, 5.41) is 0. The topological polar surface area (TPSA) is 38.0 Å². The molecule has 1 aliphatic rings. The molecule has 0 aliphatic heterocycles. The summed E-state index contributed by atoms with van der Waals surface area (Å²) in [7, 11) is 0. The minimum Gasteiger partial charge on any atom is -0.271 e. The molecule has 1 unspecified atom stereocenters. The summed E-state index contributed by atoms with van der Waals surface area (Å²) >= 11 is 0. The predicted molar refractivity (Wildman–Crippen MR) is 77.0 cm³/mol. The van der Waals surface area contributed by atoms with Gasteiger partial charge >= 0.3 is 0 Å². The molecular formula is C16H26N2. The lowest BCUT2D eigenvalue weighted by Crippen LogP contribution is -2.35. The second-order valence-corrected chi connectivity index (χ2v) is 5.69. The minimum atomic E-state index is 0.323. The van der Waals surface area contributed by atoms with Gasteiger partial charge in [0.15, 0.2) is 0 Å². The van der Waals surface area contributed by atoms with Crippen LogP contribution >= 0.6 is 0 Å². The van der Waals surface area contributed by atoms with Gasteiger partial charge < -0.3 is 0 Å². The summed E-state index contributed by atoms with van der Waals surface area (Å²) in [6, 6.07) is 8.93. The number of aryl methyl sites for hydroxylation is 1. The van der Waals surface area contributed by atoms with E-state index in [2.05, 4.69) is 43.5 Å². The van der Waals surface area contributed by atoms with E-state index in [4.69, 9.17) is 5.84 Å². The summed E-state index contributed by atoms with van der Waals surface area (Å²) in [5.41, 5.74) is 5.78. The Kier molecular flexibility index (Phi) is 4.79. The Balaban J connectivity index is 2.08. The fourth-order valence-electron chi connectivity index (χ4n) is 3.35. The molecular weight excluding hydrogens is 220 g/mol. The molecule has 2 nitrogen and oxygen atoms in total. The van der Waals surface area contributed by atoms with Crippen molar-refractivity contribution >= 4 is 0 Å². The van der Waals surface area contributed by atoms with Crippen molar-refractivity contribution in [3.8, 4) is 0 Å². The van der Waals surface area contributed by atoms with Crippen LogP contribution in [0.4, 0.5) is 0 Å². The molecule has 1 aliphatic carbocycles. The molecule has 3 N–H and O–H groups in total. The molecule has 18 heavy (non-hydrogen) atoms. The third-order valence-electron chi connectivity index (χ3n) is 4.64. The van der Waals surface area contributed by atoms with Gasteiger partial charge in [-0.1, -0.05) is 50.5 Å². The molecule has 1 saturated carbocycles. The van der Waals surface area contributed by atoms with Crippen LogP contribution in [0.5, 0.6) is 0 Å². The van der Waals surface area contributed by atoms with E-state index in [0.29, 0.717) is 12.0 Å². The highest BCUT2D eigenvalue weighted by Crippen LogP contribution is 2.38. The van der Waals surface area contributed by atoms with E-state index in [1.54, 1.807) is 0 Å². The van der Waals surface area contributed by atoms with Crippen LogP contribution in [0.2, 0.25) is 0 Å². The molecule has 2 heteroatoms. The zero-order valence-electron chi connectivity index (χ0n) is 11.7. The zero-order chi connectivity index (χ0) is 13.0. The van der Waals surface area contributed by atoms with Crippen LogP contribution in [-0.4, -0.2) is 0 Å². The lowest BCUT2D eigenvalue weighted by atomic mass is 9.75. The van der Waals surface area contributed by atoms with E-state index in [-0.39, 0.29) is 0 Å². The quantitative estimate of drug-likeness (QED) is 0.628. The lowest BCUT2D eigenvalue weighted by molar-refractivity contribution is 0.219. The van der Waals surface area contributed by atoms with Gasteiger partial charge in [0.25, 0.3) is 0 Å². The van der Waals surface area contributed by atoms with Gasteiger partial charge in [-0.2, -0.15) is 0 Å². The lowest BCUT2D eigenvalue weighted by Gasteiger charge is -2.34. The average Bonchev–Trinajstić information content (AvgIpc) is 2.42. The van der Waals surface area contributed by atoms with Gasteiger partial charge in [0, 0.05) is 6.04 Å². The fraction of sp³-hybridized carbons (Fsp3) is 0.625. The number of nitrogens with two attached hydrogens (primary N) is 1. The highest BCUT2D eigenvalue weighted by Gasteiger charge is 2.27. The molecule has 0 amide bonds. The maximum atomic E-state index is 5.82. The number of hydrogen-bond donors (Lipinski definition) is 2. The van der Waals surface area contributed by atoms with Crippen LogP contribution < -0.4 is 11.3 Å². The first kappa shape index (κ1) is 13.6. The summed E-state index contributed by atoms with van der Waals surface area (Å²) in [4.78, 5) is 0. The zero-order valence-corrected chi connectivity index (χ0v) is 11.7. The largest absolute Gasteiger partial charge is 0.271 e. The van der Waals surface area contributed by atoms with Gasteiger partial charge in [0.05, 0.1) is 0 Å². The van der Waals surface area contributed by atoms with Crippen molar-refractivity contribution in [3.05, 3.63) is 35.4 Å². The van der Waals surface area contributed by atoms with E-state index in [0.717, 1.165) is 5.92 Å². The van der Waals surface area contributed by atoms with Crippen LogP contribution in [0.15, 0.2) is 24.3 Å². The second kappa shape index (κ2) is 6.35. The molecule has 0 aromatic heterocycles. The van der Waals surface area contributed by atoms with Crippen molar-refractivity contribution in [2.75, 3.05) is 0 Å². The standard InChI is InChI=1S/C16H26N2/c1-3-13-8-10-14(11-9-13)16(18-17)15-7-5-4-6-12(15)2/h4-7,13-14,16,18H,3,8-11,17H2,1-2H3. The van der Waals surface area contributed by atoms with Crippen LogP contribution in [0.1, 0.15) is 56.2 Å². The fourth-order valence-corrected chi connectivity index (χ4v) is 3.35. The number of hydrazine groups is 1. The SMILES string of the molecule is CCC1CCC(C(NN)c2ccccc2C)CC1. The van der Waals surface area contributed by atoms with Crippen LogP contribution in [0, 0.1) is 18.8 Å². The molecule has 0 bridgehead atoms. The molecule has 0 spiro atoms. The molecule has 0 heterocycles. The van der Waals surface area contributed by atoms with Gasteiger partial charge in [-0.05, 0) is 42.7 Å². The summed E-state index contributed by atoms with van der Waals surface area (Å²) in [6.45, 7) is 4.49. The molecule has 2 rings (SSSR count). The number of rotatable bonds is 4.